The van der Waals surface area contributed by atoms with Gasteiger partial charge in [0.1, 0.15) is 11.5 Å². The summed E-state index contributed by atoms with van der Waals surface area (Å²) in [6, 6.07) is 34.4. The van der Waals surface area contributed by atoms with Crippen LogP contribution in [-0.4, -0.2) is 94.3 Å². The van der Waals surface area contributed by atoms with Crippen molar-refractivity contribution in [1.82, 2.24) is 45.4 Å². The first-order chi connectivity index (χ1) is 38.2. The minimum atomic E-state index is -1.19. The Morgan fingerprint density at radius 3 is 1.25 bits per heavy atom. The van der Waals surface area contributed by atoms with Crippen molar-refractivity contribution < 1.29 is 38.8 Å². The number of ether oxygens (including phenoxy) is 3. The second kappa shape index (κ2) is 29.5. The van der Waals surface area contributed by atoms with Crippen LogP contribution in [-0.2, 0) is 17.8 Å². The molecule has 0 radical (unpaired) electrons. The van der Waals surface area contributed by atoms with Crippen LogP contribution in [0.4, 0.5) is 40.2 Å². The molecule has 0 fully saturated rings. The van der Waals surface area contributed by atoms with E-state index in [-0.39, 0.29) is 35.3 Å². The fraction of sp³-hybridized carbons (Fsp3) is 0.118. The van der Waals surface area contributed by atoms with Crippen LogP contribution in [0.1, 0.15) is 49.5 Å². The van der Waals surface area contributed by atoms with E-state index in [0.29, 0.717) is 81.8 Å². The Bertz CT molecular complexity index is 3480. The third-order valence-corrected chi connectivity index (χ3v) is 11.9. The Hall–Kier alpha value is -7.73. The maximum absolute atomic E-state index is 12.3. The summed E-state index contributed by atoms with van der Waals surface area (Å²) in [5.74, 6) is -0.767. The number of benzene rings is 6. The molecule has 0 amide bonds. The Labute approximate surface area is 495 Å². The van der Waals surface area contributed by atoms with Crippen molar-refractivity contribution in [3.63, 3.8) is 0 Å². The maximum atomic E-state index is 12.3. The summed E-state index contributed by atoms with van der Waals surface area (Å²) in [6.45, 7) is 2.66. The Morgan fingerprint density at radius 2 is 0.887 bits per heavy atom. The molecule has 0 saturated heterocycles. The second-order valence-electron chi connectivity index (χ2n) is 16.0. The van der Waals surface area contributed by atoms with Gasteiger partial charge < -0.3 is 46.1 Å². The van der Waals surface area contributed by atoms with Gasteiger partial charge in [0.05, 0.1) is 33.9 Å². The standard InChI is InChI=1S/C19H18Cl2N4O3.C17H14Cl2N4O3.C9H6Cl2N4O2.C6H5Cl2N/c1-3-28-19(26)17-18(22-15-9-13(20)8-14(21)10-15)25(24-23-17)11-12-4-6-16(27-2)7-5-12;1-26-14-4-2-10(3-5-14)9-23-16(15(17(24)25)21-22-23)20-13-7-11(18)6-12(19)8-13;10-4-1-5(11)3-6(2-4)12-8-7(9(16)17)13-15-14-8;7-4-1-5(8)3-6(9)2-4/h4-10,22H,3,11H2,1-2H3;2-8,20H,9H2,1H3,(H,24,25);1-3H,(H,16,17)(H2,12,13,14,15);1-3H,9H2. The van der Waals surface area contributed by atoms with E-state index in [0.717, 1.165) is 22.6 Å². The van der Waals surface area contributed by atoms with E-state index in [1.807, 2.05) is 48.5 Å². The van der Waals surface area contributed by atoms with Gasteiger partial charge in [-0.05, 0) is 115 Å². The SMILES string of the molecule is CCOC(=O)c1nnn(Cc2ccc(OC)cc2)c1Nc1cc(Cl)cc(Cl)c1.COc1ccc(Cn2nnc(C(=O)O)c2Nc2cc(Cl)cc(Cl)c2)cc1.Nc1cc(Cl)cc(Cl)c1.O=C(O)c1n[nH]nc1Nc1cc(Cl)cc(Cl)c1. The lowest BCUT2D eigenvalue weighted by molar-refractivity contribution is 0.0519. The molecular formula is C51H43Cl8N13O8. The Morgan fingerprint density at radius 1 is 0.525 bits per heavy atom. The summed E-state index contributed by atoms with van der Waals surface area (Å²) in [6.07, 6.45) is 0. The third-order valence-electron chi connectivity index (χ3n) is 10.1. The number of nitrogens with two attached hydrogens (primary N) is 1. The predicted molar refractivity (Wildman–Crippen MR) is 311 cm³/mol. The number of nitrogen functional groups attached to an aromatic ring is 1. The van der Waals surface area contributed by atoms with Crippen molar-refractivity contribution in [3.05, 3.63) is 190 Å². The van der Waals surface area contributed by atoms with E-state index in [4.69, 9.17) is 118 Å². The van der Waals surface area contributed by atoms with Gasteiger partial charge in [0.25, 0.3) is 0 Å². The molecule has 0 unspecified atom stereocenters. The number of carboxylic acids is 2. The van der Waals surface area contributed by atoms with Crippen molar-refractivity contribution in [3.8, 4) is 11.5 Å². The lowest BCUT2D eigenvalue weighted by Gasteiger charge is -2.11. The zero-order valence-corrected chi connectivity index (χ0v) is 47.7. The van der Waals surface area contributed by atoms with E-state index in [2.05, 4.69) is 52.0 Å². The molecule has 3 heterocycles. The molecule has 0 spiro atoms. The number of rotatable bonds is 16. The molecule has 3 aromatic heterocycles. The minimum Gasteiger partial charge on any atom is -0.497 e. The van der Waals surface area contributed by atoms with E-state index in [1.54, 1.807) is 98.6 Å². The largest absolute Gasteiger partial charge is 0.497 e. The smallest absolute Gasteiger partial charge is 0.362 e. The topological polar surface area (TPSA) is 284 Å². The van der Waals surface area contributed by atoms with Crippen LogP contribution in [0, 0.1) is 0 Å². The fourth-order valence-corrected chi connectivity index (χ4v) is 8.84. The van der Waals surface area contributed by atoms with Gasteiger partial charge in [0.15, 0.2) is 17.5 Å². The van der Waals surface area contributed by atoms with Gasteiger partial charge >= 0.3 is 17.9 Å². The van der Waals surface area contributed by atoms with E-state index >= 15 is 0 Å². The quantitative estimate of drug-likeness (QED) is 0.0349. The van der Waals surface area contributed by atoms with Crippen LogP contribution in [0.2, 0.25) is 40.2 Å². The Kier molecular flexibility index (Phi) is 22.7. The number of anilines is 7. The van der Waals surface area contributed by atoms with Crippen LogP contribution in [0.3, 0.4) is 0 Å². The lowest BCUT2D eigenvalue weighted by atomic mass is 10.2. The number of hydrogen-bond acceptors (Lipinski definition) is 16. The molecular weight excluding hydrogens is 1210 g/mol. The van der Waals surface area contributed by atoms with Crippen LogP contribution in [0.15, 0.2) is 121 Å². The molecule has 416 valence electrons. The molecule has 0 aliphatic rings. The molecule has 21 nitrogen and oxygen atoms in total. The number of methoxy groups -OCH3 is 2. The zero-order valence-electron chi connectivity index (χ0n) is 41.7. The lowest BCUT2D eigenvalue weighted by Crippen LogP contribution is -2.11. The van der Waals surface area contributed by atoms with Crippen molar-refractivity contribution in [2.75, 3.05) is 42.5 Å². The number of carbonyl (C=O) groups excluding carboxylic acids is 1. The second-order valence-corrected chi connectivity index (χ2v) is 19.5. The molecule has 0 aliphatic heterocycles. The fourth-order valence-electron chi connectivity index (χ4n) is 6.71. The monoisotopic (exact) mass is 1250 g/mol. The first-order valence-corrected chi connectivity index (χ1v) is 25.8. The highest BCUT2D eigenvalue weighted by Gasteiger charge is 2.23. The minimum absolute atomic E-state index is 0.0754. The number of aromatic amines is 1. The summed E-state index contributed by atoms with van der Waals surface area (Å²) in [5, 5.41) is 56.0. The molecule has 29 heteroatoms. The third kappa shape index (κ3) is 18.4. The molecule has 9 aromatic rings. The van der Waals surface area contributed by atoms with Crippen LogP contribution >= 0.6 is 92.8 Å². The van der Waals surface area contributed by atoms with Gasteiger partial charge in [0, 0.05) is 62.9 Å². The number of halogens is 8. The number of aromatic nitrogens is 9. The maximum Gasteiger partial charge on any atom is 0.362 e. The first-order valence-electron chi connectivity index (χ1n) is 22.8. The summed E-state index contributed by atoms with van der Waals surface area (Å²) in [7, 11) is 3.19. The summed E-state index contributed by atoms with van der Waals surface area (Å²) in [4.78, 5) is 34.6. The number of carbonyl (C=O) groups is 3. The number of aromatic carboxylic acids is 2. The number of esters is 1. The normalized spacial score (nSPS) is 10.4. The molecule has 80 heavy (non-hydrogen) atoms. The first kappa shape index (κ1) is 61.5. The van der Waals surface area contributed by atoms with Crippen molar-refractivity contribution >= 4 is 151 Å². The predicted octanol–water partition coefficient (Wildman–Crippen LogP) is 13.8. The molecule has 8 N–H and O–H groups in total. The van der Waals surface area contributed by atoms with Gasteiger partial charge in [-0.3, -0.25) is 0 Å². The molecule has 0 saturated carbocycles. The zero-order chi connectivity index (χ0) is 58.0. The van der Waals surface area contributed by atoms with Crippen molar-refractivity contribution in [2.24, 2.45) is 0 Å². The average Bonchev–Trinajstić information content (AvgIpc) is 4.19. The number of carboxylic acid groups (broad SMARTS) is 2. The van der Waals surface area contributed by atoms with Gasteiger partial charge in [-0.15, -0.1) is 20.4 Å². The number of H-pyrrole nitrogens is 1. The number of hydrogen-bond donors (Lipinski definition) is 7. The van der Waals surface area contributed by atoms with Crippen LogP contribution < -0.4 is 31.2 Å². The summed E-state index contributed by atoms with van der Waals surface area (Å²) < 4.78 is 18.4. The van der Waals surface area contributed by atoms with Gasteiger partial charge in [-0.1, -0.05) is 127 Å². The molecule has 6 aromatic carbocycles. The summed E-state index contributed by atoms with van der Waals surface area (Å²) >= 11 is 46.9. The molecule has 0 aliphatic carbocycles. The van der Waals surface area contributed by atoms with Gasteiger partial charge in [-0.25, -0.2) is 23.7 Å². The number of nitrogens with zero attached hydrogens (tertiary/aromatic N) is 8. The summed E-state index contributed by atoms with van der Waals surface area (Å²) in [5.41, 5.74) is 9.16. The number of nitrogens with one attached hydrogen (secondary N) is 4. The van der Waals surface area contributed by atoms with E-state index in [1.165, 1.54) is 4.68 Å². The van der Waals surface area contributed by atoms with Crippen LogP contribution in [0.5, 0.6) is 11.5 Å². The van der Waals surface area contributed by atoms with E-state index in [9.17, 15) is 19.5 Å². The molecule has 9 rings (SSSR count). The molecule has 0 atom stereocenters. The highest BCUT2D eigenvalue weighted by molar-refractivity contribution is 6.36. The highest BCUT2D eigenvalue weighted by atomic mass is 35.5. The van der Waals surface area contributed by atoms with Crippen molar-refractivity contribution in [1.29, 1.82) is 0 Å². The average molecular weight is 1250 g/mol. The van der Waals surface area contributed by atoms with Crippen LogP contribution in [0.25, 0.3) is 0 Å². The molecule has 0 bridgehead atoms. The van der Waals surface area contributed by atoms with Gasteiger partial charge in [0.2, 0.25) is 17.1 Å². The highest BCUT2D eigenvalue weighted by Crippen LogP contribution is 2.30. The Balaban J connectivity index is 0.000000183. The van der Waals surface area contributed by atoms with E-state index < -0.39 is 17.9 Å². The van der Waals surface area contributed by atoms with Gasteiger partial charge in [-0.2, -0.15) is 5.21 Å². The van der Waals surface area contributed by atoms with Crippen molar-refractivity contribution in [2.45, 2.75) is 20.0 Å².